The molecule has 0 spiro atoms. The summed E-state index contributed by atoms with van der Waals surface area (Å²) >= 11 is 0. The van der Waals surface area contributed by atoms with E-state index in [1.165, 1.54) is 0 Å². The van der Waals surface area contributed by atoms with E-state index in [0.717, 1.165) is 55.4 Å². The van der Waals surface area contributed by atoms with Gasteiger partial charge >= 0.3 is 0 Å². The number of benzene rings is 3. The fourth-order valence-electron chi connectivity index (χ4n) is 4.33. The molecule has 0 unspecified atom stereocenters. The maximum absolute atomic E-state index is 9.21. The van der Waals surface area contributed by atoms with Crippen molar-refractivity contribution in [3.05, 3.63) is 115 Å². The first-order valence-electron chi connectivity index (χ1n) is 11.0. The van der Waals surface area contributed by atoms with Gasteiger partial charge in [0.25, 0.3) is 0 Å². The van der Waals surface area contributed by atoms with Gasteiger partial charge in [0.05, 0.1) is 34.1 Å². The molecular weight excluding hydrogens is 416 g/mol. The summed E-state index contributed by atoms with van der Waals surface area (Å²) in [5, 5.41) is 11.3. The quantitative estimate of drug-likeness (QED) is 0.299. The number of nitrogens with zero attached hydrogens (tertiary/aromatic N) is 4. The lowest BCUT2D eigenvalue weighted by Gasteiger charge is -2.12. The van der Waals surface area contributed by atoms with E-state index in [4.69, 9.17) is 4.98 Å². The number of para-hydroxylation sites is 2. The first-order chi connectivity index (χ1) is 16.8. The lowest BCUT2D eigenvalue weighted by Crippen LogP contribution is -1.94. The van der Waals surface area contributed by atoms with Crippen molar-refractivity contribution in [3.63, 3.8) is 0 Å². The normalized spacial score (nSPS) is 10.9. The van der Waals surface area contributed by atoms with Crippen LogP contribution in [0.25, 0.3) is 55.4 Å². The molecule has 0 saturated heterocycles. The highest BCUT2D eigenvalue weighted by molar-refractivity contribution is 5.96. The molecule has 6 rings (SSSR count). The molecule has 0 fully saturated rings. The zero-order valence-corrected chi connectivity index (χ0v) is 18.2. The molecule has 0 atom stereocenters. The molecule has 3 aromatic carbocycles. The SMILES string of the molecule is N#Cc1ccc(-c2cc(-c3cccc4cccnc34)nc(-c3cccc4cccnc34)c2)cc1. The number of aromatic nitrogens is 3. The summed E-state index contributed by atoms with van der Waals surface area (Å²) < 4.78 is 0. The largest absolute Gasteiger partial charge is 0.256 e. The molecular formula is C30H18N4. The lowest BCUT2D eigenvalue weighted by atomic mass is 9.97. The molecule has 0 N–H and O–H groups in total. The highest BCUT2D eigenvalue weighted by Crippen LogP contribution is 2.34. The summed E-state index contributed by atoms with van der Waals surface area (Å²) in [6, 6.07) is 34.3. The zero-order valence-electron chi connectivity index (χ0n) is 18.2. The third kappa shape index (κ3) is 3.46. The third-order valence-electron chi connectivity index (χ3n) is 5.99. The van der Waals surface area contributed by atoms with Crippen molar-refractivity contribution in [1.82, 2.24) is 15.0 Å². The number of hydrogen-bond acceptors (Lipinski definition) is 4. The molecule has 0 saturated carbocycles. The Labute approximate surface area is 196 Å². The van der Waals surface area contributed by atoms with Gasteiger partial charge in [-0.3, -0.25) is 9.97 Å². The Balaban J connectivity index is 1.63. The second-order valence-corrected chi connectivity index (χ2v) is 8.08. The van der Waals surface area contributed by atoms with Crippen LogP contribution < -0.4 is 0 Å². The van der Waals surface area contributed by atoms with Gasteiger partial charge in [-0.1, -0.05) is 60.7 Å². The van der Waals surface area contributed by atoms with Crippen LogP contribution in [-0.2, 0) is 0 Å². The van der Waals surface area contributed by atoms with Crippen LogP contribution in [0, 0.1) is 11.3 Å². The van der Waals surface area contributed by atoms with Gasteiger partial charge in [0, 0.05) is 34.3 Å². The molecule has 0 radical (unpaired) electrons. The van der Waals surface area contributed by atoms with E-state index >= 15 is 0 Å². The molecule has 0 amide bonds. The first-order valence-corrected chi connectivity index (χ1v) is 11.0. The average Bonchev–Trinajstić information content (AvgIpc) is 2.92. The van der Waals surface area contributed by atoms with E-state index in [1.807, 2.05) is 60.9 Å². The van der Waals surface area contributed by atoms with Gasteiger partial charge in [-0.05, 0) is 47.5 Å². The molecule has 0 aliphatic heterocycles. The number of hydrogen-bond donors (Lipinski definition) is 0. The van der Waals surface area contributed by atoms with Gasteiger partial charge < -0.3 is 0 Å². The molecule has 158 valence electrons. The van der Waals surface area contributed by atoms with Crippen LogP contribution in [0.5, 0.6) is 0 Å². The van der Waals surface area contributed by atoms with Crippen LogP contribution >= 0.6 is 0 Å². The Hall–Kier alpha value is -4.88. The van der Waals surface area contributed by atoms with E-state index < -0.39 is 0 Å². The van der Waals surface area contributed by atoms with Crippen molar-refractivity contribution < 1.29 is 0 Å². The summed E-state index contributed by atoms with van der Waals surface area (Å²) in [4.78, 5) is 14.4. The van der Waals surface area contributed by atoms with Crippen LogP contribution in [0.15, 0.2) is 109 Å². The highest BCUT2D eigenvalue weighted by atomic mass is 14.7. The van der Waals surface area contributed by atoms with Crippen LogP contribution in [-0.4, -0.2) is 15.0 Å². The molecule has 0 bridgehead atoms. The minimum atomic E-state index is 0.634. The van der Waals surface area contributed by atoms with Gasteiger partial charge in [0.2, 0.25) is 0 Å². The molecule has 4 nitrogen and oxygen atoms in total. The average molecular weight is 435 g/mol. The Morgan fingerprint density at radius 2 is 1.09 bits per heavy atom. The number of fused-ring (bicyclic) bond motifs is 2. The van der Waals surface area contributed by atoms with Crippen molar-refractivity contribution in [2.75, 3.05) is 0 Å². The van der Waals surface area contributed by atoms with Gasteiger partial charge in [0.15, 0.2) is 0 Å². The van der Waals surface area contributed by atoms with Crippen molar-refractivity contribution in [2.24, 2.45) is 0 Å². The predicted molar refractivity (Wildman–Crippen MR) is 136 cm³/mol. The molecule has 3 aromatic heterocycles. The second-order valence-electron chi connectivity index (χ2n) is 8.08. The van der Waals surface area contributed by atoms with Crippen LogP contribution in [0.4, 0.5) is 0 Å². The van der Waals surface area contributed by atoms with Gasteiger partial charge in [-0.25, -0.2) is 4.98 Å². The number of rotatable bonds is 3. The fourth-order valence-corrected chi connectivity index (χ4v) is 4.33. The van der Waals surface area contributed by atoms with E-state index in [-0.39, 0.29) is 0 Å². The van der Waals surface area contributed by atoms with Crippen molar-refractivity contribution in [2.45, 2.75) is 0 Å². The van der Waals surface area contributed by atoms with Crippen molar-refractivity contribution in [1.29, 1.82) is 5.26 Å². The monoisotopic (exact) mass is 434 g/mol. The lowest BCUT2D eigenvalue weighted by molar-refractivity contribution is 1.31. The third-order valence-corrected chi connectivity index (χ3v) is 5.99. The molecule has 6 aromatic rings. The van der Waals surface area contributed by atoms with Crippen LogP contribution in [0.1, 0.15) is 5.56 Å². The minimum Gasteiger partial charge on any atom is -0.256 e. The van der Waals surface area contributed by atoms with Gasteiger partial charge in [-0.2, -0.15) is 5.26 Å². The predicted octanol–water partition coefficient (Wildman–Crippen LogP) is 7.05. The highest BCUT2D eigenvalue weighted by Gasteiger charge is 2.14. The van der Waals surface area contributed by atoms with Gasteiger partial charge in [-0.15, -0.1) is 0 Å². The van der Waals surface area contributed by atoms with Gasteiger partial charge in [0.1, 0.15) is 0 Å². The molecule has 0 aliphatic carbocycles. The fraction of sp³-hybridized carbons (Fsp3) is 0. The van der Waals surface area contributed by atoms with Crippen LogP contribution in [0.2, 0.25) is 0 Å². The summed E-state index contributed by atoms with van der Waals surface area (Å²) in [5.41, 5.74) is 8.13. The molecule has 34 heavy (non-hydrogen) atoms. The van der Waals surface area contributed by atoms with E-state index in [9.17, 15) is 5.26 Å². The summed E-state index contributed by atoms with van der Waals surface area (Å²) in [6.45, 7) is 0. The Morgan fingerprint density at radius 1 is 0.559 bits per heavy atom. The summed E-state index contributed by atoms with van der Waals surface area (Å²) in [7, 11) is 0. The molecule has 4 heteroatoms. The Bertz CT molecular complexity index is 1610. The Kier molecular flexibility index (Phi) is 4.79. The minimum absolute atomic E-state index is 0.634. The maximum Gasteiger partial charge on any atom is 0.0991 e. The summed E-state index contributed by atoms with van der Waals surface area (Å²) in [5.74, 6) is 0. The molecule has 0 aliphatic rings. The molecule has 3 heterocycles. The van der Waals surface area contributed by atoms with Crippen molar-refractivity contribution >= 4 is 21.8 Å². The van der Waals surface area contributed by atoms with E-state index in [0.29, 0.717) is 5.56 Å². The van der Waals surface area contributed by atoms with Crippen LogP contribution in [0.3, 0.4) is 0 Å². The smallest absolute Gasteiger partial charge is 0.0991 e. The van der Waals surface area contributed by atoms with Crippen molar-refractivity contribution in [3.8, 4) is 39.7 Å². The Morgan fingerprint density at radius 3 is 1.62 bits per heavy atom. The maximum atomic E-state index is 9.21. The standard InChI is InChI=1S/C30H18N4/c31-19-20-11-13-21(14-12-20)24-17-27(25-9-1-5-22-7-3-15-32-29(22)25)34-28(18-24)26-10-2-6-23-8-4-16-33-30(23)26/h1-18H. The van der Waals surface area contributed by atoms with E-state index in [1.54, 1.807) is 0 Å². The second kappa shape index (κ2) is 8.23. The zero-order chi connectivity index (χ0) is 22.9. The summed E-state index contributed by atoms with van der Waals surface area (Å²) in [6.07, 6.45) is 3.62. The topological polar surface area (TPSA) is 62.5 Å². The van der Waals surface area contributed by atoms with E-state index in [2.05, 4.69) is 64.6 Å². The first kappa shape index (κ1) is 19.8. The number of pyridine rings is 3. The number of nitriles is 1.